The number of fused-ring (bicyclic) bond motifs is 1. The zero-order valence-corrected chi connectivity index (χ0v) is 12.6. The van der Waals surface area contributed by atoms with Crippen LogP contribution in [-0.2, 0) is 14.8 Å². The van der Waals surface area contributed by atoms with Crippen molar-refractivity contribution in [2.45, 2.75) is 24.7 Å². The third kappa shape index (κ3) is 2.75. The van der Waals surface area contributed by atoms with E-state index in [0.717, 1.165) is 12.8 Å². The van der Waals surface area contributed by atoms with E-state index in [9.17, 15) is 13.2 Å². The topological polar surface area (TPSA) is 75.7 Å². The van der Waals surface area contributed by atoms with E-state index in [1.54, 1.807) is 6.07 Å². The number of hydrogen-bond acceptors (Lipinski definition) is 4. The van der Waals surface area contributed by atoms with Gasteiger partial charge in [0.25, 0.3) is 5.91 Å². The van der Waals surface area contributed by atoms with Gasteiger partial charge in [0.2, 0.25) is 10.0 Å². The fourth-order valence-corrected chi connectivity index (χ4v) is 4.09. The number of rotatable bonds is 2. The fourth-order valence-electron chi connectivity index (χ4n) is 2.60. The summed E-state index contributed by atoms with van der Waals surface area (Å²) in [5, 5.41) is 2.64. The number of sulfonamides is 1. The van der Waals surface area contributed by atoms with Gasteiger partial charge in [-0.25, -0.2) is 8.42 Å². The second-order valence-electron chi connectivity index (χ2n) is 5.58. The summed E-state index contributed by atoms with van der Waals surface area (Å²) in [4.78, 5) is 11.5. The number of piperidine rings is 1. The Hall–Kier alpha value is -1.60. The summed E-state index contributed by atoms with van der Waals surface area (Å²) < 4.78 is 32.0. The van der Waals surface area contributed by atoms with E-state index in [2.05, 4.69) is 12.2 Å². The highest BCUT2D eigenvalue weighted by atomic mass is 32.2. The smallest absolute Gasteiger partial charge is 0.262 e. The van der Waals surface area contributed by atoms with Crippen LogP contribution in [0.15, 0.2) is 23.1 Å². The first kappa shape index (κ1) is 14.3. The Kier molecular flexibility index (Phi) is 3.62. The molecule has 0 atom stereocenters. The predicted octanol–water partition coefficient (Wildman–Crippen LogP) is 1.44. The van der Waals surface area contributed by atoms with Crippen LogP contribution < -0.4 is 10.1 Å². The largest absolute Gasteiger partial charge is 0.482 e. The molecule has 1 N–H and O–H groups in total. The van der Waals surface area contributed by atoms with Gasteiger partial charge in [0.05, 0.1) is 10.6 Å². The van der Waals surface area contributed by atoms with Crippen molar-refractivity contribution in [1.82, 2.24) is 4.31 Å². The van der Waals surface area contributed by atoms with Gasteiger partial charge in [0, 0.05) is 13.1 Å². The monoisotopic (exact) mass is 310 g/mol. The molecule has 0 radical (unpaired) electrons. The van der Waals surface area contributed by atoms with Crippen LogP contribution in [-0.4, -0.2) is 38.3 Å². The van der Waals surface area contributed by atoms with Crippen molar-refractivity contribution in [3.63, 3.8) is 0 Å². The highest BCUT2D eigenvalue weighted by molar-refractivity contribution is 7.89. The molecule has 1 fully saturated rings. The Morgan fingerprint density at radius 3 is 2.71 bits per heavy atom. The molecule has 114 valence electrons. The minimum absolute atomic E-state index is 0.0386. The predicted molar refractivity (Wildman–Crippen MR) is 77.7 cm³/mol. The van der Waals surface area contributed by atoms with E-state index in [4.69, 9.17) is 4.74 Å². The van der Waals surface area contributed by atoms with E-state index < -0.39 is 10.0 Å². The number of benzene rings is 1. The molecule has 3 rings (SSSR count). The van der Waals surface area contributed by atoms with Crippen molar-refractivity contribution in [1.29, 1.82) is 0 Å². The highest BCUT2D eigenvalue weighted by Gasteiger charge is 2.29. The number of ether oxygens (including phenoxy) is 1. The zero-order valence-electron chi connectivity index (χ0n) is 11.8. The number of anilines is 1. The summed E-state index contributed by atoms with van der Waals surface area (Å²) in [6.45, 7) is 3.19. The van der Waals surface area contributed by atoms with Crippen LogP contribution in [0, 0.1) is 5.92 Å². The number of hydrogen-bond donors (Lipinski definition) is 1. The molecule has 2 heterocycles. The number of carbonyl (C=O) groups is 1. The number of nitrogens with zero attached hydrogens (tertiary/aromatic N) is 1. The summed E-state index contributed by atoms with van der Waals surface area (Å²) >= 11 is 0. The Morgan fingerprint density at radius 2 is 2.00 bits per heavy atom. The van der Waals surface area contributed by atoms with Crippen molar-refractivity contribution in [3.05, 3.63) is 18.2 Å². The van der Waals surface area contributed by atoms with Crippen LogP contribution >= 0.6 is 0 Å². The molecule has 0 aromatic heterocycles. The summed E-state index contributed by atoms with van der Waals surface area (Å²) in [6, 6.07) is 4.59. The quantitative estimate of drug-likeness (QED) is 0.897. The maximum absolute atomic E-state index is 12.6. The van der Waals surface area contributed by atoms with E-state index in [-0.39, 0.29) is 17.4 Å². The van der Waals surface area contributed by atoms with E-state index in [1.165, 1.54) is 16.4 Å². The van der Waals surface area contributed by atoms with Crippen LogP contribution in [0.2, 0.25) is 0 Å². The van der Waals surface area contributed by atoms with Crippen LogP contribution in [0.1, 0.15) is 19.8 Å². The molecule has 0 bridgehead atoms. The number of carbonyl (C=O) groups excluding carboxylic acids is 1. The molecule has 21 heavy (non-hydrogen) atoms. The first-order chi connectivity index (χ1) is 9.96. The number of amides is 1. The van der Waals surface area contributed by atoms with Crippen LogP contribution in [0.25, 0.3) is 0 Å². The molecule has 1 aromatic carbocycles. The molecule has 0 unspecified atom stereocenters. The second kappa shape index (κ2) is 5.31. The van der Waals surface area contributed by atoms with Crippen LogP contribution in [0.4, 0.5) is 5.69 Å². The molecule has 1 amide bonds. The van der Waals surface area contributed by atoms with Gasteiger partial charge in [-0.15, -0.1) is 0 Å². The Morgan fingerprint density at radius 1 is 1.29 bits per heavy atom. The van der Waals surface area contributed by atoms with Gasteiger partial charge in [-0.3, -0.25) is 4.79 Å². The van der Waals surface area contributed by atoms with Gasteiger partial charge in [0.1, 0.15) is 5.75 Å². The Bertz CT molecular complexity index is 664. The highest BCUT2D eigenvalue weighted by Crippen LogP contribution is 2.32. The van der Waals surface area contributed by atoms with Crippen molar-refractivity contribution < 1.29 is 17.9 Å². The minimum atomic E-state index is -3.51. The molecule has 0 spiro atoms. The van der Waals surface area contributed by atoms with Gasteiger partial charge in [-0.05, 0) is 37.0 Å². The third-order valence-electron chi connectivity index (χ3n) is 3.96. The first-order valence-corrected chi connectivity index (χ1v) is 8.47. The van der Waals surface area contributed by atoms with Crippen molar-refractivity contribution in [2.24, 2.45) is 5.92 Å². The van der Waals surface area contributed by atoms with Gasteiger partial charge < -0.3 is 10.1 Å². The van der Waals surface area contributed by atoms with E-state index in [1.807, 2.05) is 0 Å². The van der Waals surface area contributed by atoms with Crippen LogP contribution in [0.5, 0.6) is 5.75 Å². The number of nitrogens with one attached hydrogen (secondary N) is 1. The van der Waals surface area contributed by atoms with Crippen molar-refractivity contribution >= 4 is 21.6 Å². The Balaban J connectivity index is 1.89. The maximum atomic E-state index is 12.6. The lowest BCUT2D eigenvalue weighted by Crippen LogP contribution is -2.38. The Labute approximate surface area is 124 Å². The molecule has 0 saturated carbocycles. The molecule has 1 saturated heterocycles. The van der Waals surface area contributed by atoms with Gasteiger partial charge in [-0.2, -0.15) is 4.31 Å². The minimum Gasteiger partial charge on any atom is -0.482 e. The lowest BCUT2D eigenvalue weighted by molar-refractivity contribution is -0.118. The SMILES string of the molecule is CC1CCN(S(=O)(=O)c2ccc3c(c2)NC(=O)CO3)CC1. The average Bonchev–Trinajstić information content (AvgIpc) is 2.47. The van der Waals surface area contributed by atoms with Gasteiger partial charge in [0.15, 0.2) is 6.61 Å². The van der Waals surface area contributed by atoms with E-state index in [0.29, 0.717) is 30.4 Å². The summed E-state index contributed by atoms with van der Waals surface area (Å²) in [6.07, 6.45) is 1.76. The first-order valence-electron chi connectivity index (χ1n) is 7.03. The molecule has 2 aliphatic rings. The third-order valence-corrected chi connectivity index (χ3v) is 5.86. The average molecular weight is 310 g/mol. The molecule has 6 nitrogen and oxygen atoms in total. The molecular weight excluding hydrogens is 292 g/mol. The summed E-state index contributed by atoms with van der Waals surface area (Å²) in [5.74, 6) is 0.789. The molecular formula is C14H18N2O4S. The fraction of sp³-hybridized carbons (Fsp3) is 0.500. The zero-order chi connectivity index (χ0) is 15.0. The van der Waals surface area contributed by atoms with Gasteiger partial charge >= 0.3 is 0 Å². The lowest BCUT2D eigenvalue weighted by Gasteiger charge is -2.29. The maximum Gasteiger partial charge on any atom is 0.262 e. The second-order valence-corrected chi connectivity index (χ2v) is 7.52. The van der Waals surface area contributed by atoms with E-state index >= 15 is 0 Å². The van der Waals surface area contributed by atoms with Crippen molar-refractivity contribution in [2.75, 3.05) is 25.0 Å². The normalized spacial score (nSPS) is 20.5. The molecule has 7 heteroatoms. The standard InChI is InChI=1S/C14H18N2O4S/c1-10-4-6-16(7-5-10)21(18,19)11-2-3-13-12(8-11)15-14(17)9-20-13/h2-3,8,10H,4-7,9H2,1H3,(H,15,17). The lowest BCUT2D eigenvalue weighted by atomic mass is 10.0. The summed E-state index contributed by atoms with van der Waals surface area (Å²) in [5.41, 5.74) is 0.415. The van der Waals surface area contributed by atoms with Crippen molar-refractivity contribution in [3.8, 4) is 5.75 Å². The summed E-state index contributed by atoms with van der Waals surface area (Å²) in [7, 11) is -3.51. The van der Waals surface area contributed by atoms with Crippen LogP contribution in [0.3, 0.4) is 0 Å². The molecule has 0 aliphatic carbocycles. The molecule has 2 aliphatic heterocycles. The van der Waals surface area contributed by atoms with Gasteiger partial charge in [-0.1, -0.05) is 6.92 Å². The molecule has 1 aromatic rings.